The van der Waals surface area contributed by atoms with Crippen LogP contribution in [0.3, 0.4) is 0 Å². The normalized spacial score (nSPS) is 16.3. The van der Waals surface area contributed by atoms with Crippen LogP contribution in [-0.2, 0) is 35.6 Å². The van der Waals surface area contributed by atoms with Crippen LogP contribution in [0, 0.1) is 9.49 Å². The van der Waals surface area contributed by atoms with Crippen molar-refractivity contribution < 1.29 is 27.5 Å². The van der Waals surface area contributed by atoms with Gasteiger partial charge in [-0.05, 0) is 84.0 Å². The van der Waals surface area contributed by atoms with Crippen molar-refractivity contribution in [3.63, 3.8) is 0 Å². The Hall–Kier alpha value is -1.43. The highest BCUT2D eigenvalue weighted by Gasteiger charge is 2.32. The summed E-state index contributed by atoms with van der Waals surface area (Å²) in [5.74, 6) is -1.35. The van der Waals surface area contributed by atoms with Gasteiger partial charge in [0.05, 0.1) is 4.34 Å². The molecule has 43 heavy (non-hydrogen) atoms. The van der Waals surface area contributed by atoms with E-state index in [0.717, 1.165) is 20.5 Å². The van der Waals surface area contributed by atoms with Gasteiger partial charge in [-0.25, -0.2) is 8.42 Å². The van der Waals surface area contributed by atoms with Crippen LogP contribution < -0.4 is 20.7 Å². The summed E-state index contributed by atoms with van der Waals surface area (Å²) >= 11 is 13.3. The molecule has 4 N–H and O–H groups in total. The van der Waals surface area contributed by atoms with E-state index in [1.54, 1.807) is 0 Å². The van der Waals surface area contributed by atoms with Crippen molar-refractivity contribution in [2.45, 2.75) is 74.3 Å². The predicted octanol–water partition coefficient (Wildman–Crippen LogP) is 3.53. The number of benzene rings is 1. The van der Waals surface area contributed by atoms with Gasteiger partial charge in [0.1, 0.15) is 22.3 Å². The average molecular weight is 785 g/mol. The van der Waals surface area contributed by atoms with E-state index in [1.807, 2.05) is 38.1 Å². The van der Waals surface area contributed by atoms with E-state index in [9.17, 15) is 22.8 Å². The molecule has 1 aliphatic heterocycles. The first-order valence-electron chi connectivity index (χ1n) is 14.0. The van der Waals surface area contributed by atoms with Crippen LogP contribution in [0.4, 0.5) is 0 Å². The number of carbonyl (C=O) groups is 3. The maximum absolute atomic E-state index is 13.6. The molecule has 238 valence electrons. The molecular formula is C28H38ClIN4O6S3. The van der Waals surface area contributed by atoms with Crippen molar-refractivity contribution in [2.24, 2.45) is 5.92 Å². The van der Waals surface area contributed by atoms with Crippen molar-refractivity contribution in [3.05, 3.63) is 49.9 Å². The van der Waals surface area contributed by atoms with Gasteiger partial charge in [0.25, 0.3) is 10.0 Å². The first kappa shape index (κ1) is 36.0. The maximum Gasteiger partial charge on any atom is 0.250 e. The van der Waals surface area contributed by atoms with E-state index in [4.69, 9.17) is 16.3 Å². The minimum Gasteiger partial charge on any atom is -0.381 e. The second-order valence-corrected chi connectivity index (χ2v) is 16.0. The van der Waals surface area contributed by atoms with E-state index in [-0.39, 0.29) is 40.7 Å². The van der Waals surface area contributed by atoms with E-state index in [1.165, 1.54) is 12.1 Å². The van der Waals surface area contributed by atoms with Crippen LogP contribution in [0.1, 0.15) is 45.1 Å². The van der Waals surface area contributed by atoms with Crippen LogP contribution in [0.2, 0.25) is 4.34 Å². The molecule has 1 saturated heterocycles. The van der Waals surface area contributed by atoms with Gasteiger partial charge in [0.2, 0.25) is 17.7 Å². The number of amides is 3. The molecule has 15 heteroatoms. The molecule has 2 aromatic rings. The third-order valence-corrected chi connectivity index (χ3v) is 11.1. The summed E-state index contributed by atoms with van der Waals surface area (Å²) in [5.41, 5.74) is 0.780. The Bertz CT molecular complexity index is 1340. The summed E-state index contributed by atoms with van der Waals surface area (Å²) < 4.78 is 35.3. The van der Waals surface area contributed by atoms with Crippen molar-refractivity contribution >= 4 is 85.9 Å². The third kappa shape index (κ3) is 11.8. The molecule has 3 atom stereocenters. The average Bonchev–Trinajstić information content (AvgIpc) is 3.42. The van der Waals surface area contributed by atoms with E-state index in [0.29, 0.717) is 36.8 Å². The first-order valence-corrected chi connectivity index (χ1v) is 18.4. The molecule has 0 spiro atoms. The number of ether oxygens (including phenoxy) is 1. The zero-order chi connectivity index (χ0) is 31.6. The Kier molecular flexibility index (Phi) is 14.5. The fraction of sp³-hybridized carbons (Fsp3) is 0.536. The largest absolute Gasteiger partial charge is 0.381 e. The van der Waals surface area contributed by atoms with Gasteiger partial charge >= 0.3 is 0 Å². The maximum atomic E-state index is 13.6. The Morgan fingerprint density at radius 2 is 1.60 bits per heavy atom. The van der Waals surface area contributed by atoms with Gasteiger partial charge < -0.3 is 20.7 Å². The molecule has 3 rings (SSSR count). The van der Waals surface area contributed by atoms with Crippen LogP contribution in [0.15, 0.2) is 40.6 Å². The van der Waals surface area contributed by atoms with Crippen LogP contribution in [0.5, 0.6) is 0 Å². The summed E-state index contributed by atoms with van der Waals surface area (Å²) in [6.45, 7) is 5.04. The Balaban J connectivity index is 1.80. The lowest BCUT2D eigenvalue weighted by Crippen LogP contribution is -2.58. The molecule has 0 unspecified atom stereocenters. The quantitative estimate of drug-likeness (QED) is 0.138. The highest BCUT2D eigenvalue weighted by Crippen LogP contribution is 2.26. The van der Waals surface area contributed by atoms with Gasteiger partial charge in [-0.1, -0.05) is 37.6 Å². The second kappa shape index (κ2) is 17.3. The number of thiol groups is 1. The van der Waals surface area contributed by atoms with Crippen LogP contribution in [-0.4, -0.2) is 69.3 Å². The van der Waals surface area contributed by atoms with Crippen molar-refractivity contribution in [3.8, 4) is 0 Å². The predicted molar refractivity (Wildman–Crippen MR) is 180 cm³/mol. The smallest absolute Gasteiger partial charge is 0.250 e. The number of carbonyl (C=O) groups excluding carboxylic acids is 3. The molecular weight excluding hydrogens is 747 g/mol. The summed E-state index contributed by atoms with van der Waals surface area (Å²) in [7, 11) is -4.05. The summed E-state index contributed by atoms with van der Waals surface area (Å²) in [5, 5.41) is 8.43. The first-order chi connectivity index (χ1) is 20.4. The Labute approximate surface area is 281 Å². The second-order valence-electron chi connectivity index (χ2n) is 10.7. The Morgan fingerprint density at radius 3 is 2.19 bits per heavy atom. The number of sulfonamides is 1. The third-order valence-electron chi connectivity index (χ3n) is 6.83. The molecule has 0 aliphatic carbocycles. The number of hydrogen-bond acceptors (Lipinski definition) is 8. The topological polar surface area (TPSA) is 143 Å². The number of rotatable bonds is 15. The Morgan fingerprint density at radius 1 is 0.977 bits per heavy atom. The highest BCUT2D eigenvalue weighted by atomic mass is 127. The number of halogens is 2. The highest BCUT2D eigenvalue weighted by molar-refractivity contribution is 14.1. The van der Waals surface area contributed by atoms with Gasteiger partial charge in [0, 0.05) is 35.0 Å². The minimum absolute atomic E-state index is 0.0137. The zero-order valence-electron chi connectivity index (χ0n) is 24.0. The lowest BCUT2D eigenvalue weighted by atomic mass is 10.0. The van der Waals surface area contributed by atoms with Crippen molar-refractivity contribution in [1.82, 2.24) is 20.7 Å². The molecule has 10 nitrogen and oxygen atoms in total. The van der Waals surface area contributed by atoms with Gasteiger partial charge in [0.15, 0.2) is 0 Å². The molecule has 0 bridgehead atoms. The van der Waals surface area contributed by atoms with Gasteiger partial charge in [-0.15, -0.1) is 11.3 Å². The van der Waals surface area contributed by atoms with Gasteiger partial charge in [-0.3, -0.25) is 14.4 Å². The minimum atomic E-state index is -4.05. The number of hydrogen-bond donors (Lipinski definition) is 5. The van der Waals surface area contributed by atoms with Crippen molar-refractivity contribution in [2.75, 3.05) is 19.0 Å². The molecule has 1 aromatic carbocycles. The molecule has 0 radical (unpaired) electrons. The lowest BCUT2D eigenvalue weighted by molar-refractivity contribution is -0.132. The molecule has 3 amide bonds. The fourth-order valence-electron chi connectivity index (χ4n) is 4.38. The molecule has 2 heterocycles. The van der Waals surface area contributed by atoms with Crippen LogP contribution >= 0.6 is 58.2 Å². The lowest BCUT2D eigenvalue weighted by Gasteiger charge is -2.27. The summed E-state index contributed by atoms with van der Waals surface area (Å²) in [6, 6.07) is 7.09. The standard InChI is InChI=1S/C28H38ClIN4O6S3/c1-17(2)3-8-21(34-43(38,39)25-10-9-24(29)42-25)26(35)32-22(15-18-4-6-19(30)7-5-18)27(36)33-23(16-41)28(37)31-20-11-13-40-14-12-20/h4-7,9-10,17,20-23,34,41H,3,8,11-16H2,1-2H3,(H,31,37)(H,32,35)(H,33,36)/t21-,22-,23-/m0/s1. The molecule has 1 aliphatic rings. The van der Waals surface area contributed by atoms with E-state index < -0.39 is 40.0 Å². The molecule has 0 saturated carbocycles. The summed E-state index contributed by atoms with van der Waals surface area (Å²) in [6.07, 6.45) is 2.26. The fourth-order valence-corrected chi connectivity index (χ4v) is 7.72. The van der Waals surface area contributed by atoms with Crippen molar-refractivity contribution in [1.29, 1.82) is 0 Å². The van der Waals surface area contributed by atoms with E-state index >= 15 is 0 Å². The molecule has 1 fully saturated rings. The zero-order valence-corrected chi connectivity index (χ0v) is 29.4. The molecule has 1 aromatic heterocycles. The van der Waals surface area contributed by atoms with E-state index in [2.05, 4.69) is 55.9 Å². The van der Waals surface area contributed by atoms with Gasteiger partial charge in [-0.2, -0.15) is 17.4 Å². The number of thiophene rings is 1. The monoisotopic (exact) mass is 784 g/mol. The van der Waals surface area contributed by atoms with Crippen LogP contribution in [0.25, 0.3) is 0 Å². The number of nitrogens with one attached hydrogen (secondary N) is 4. The summed E-state index contributed by atoms with van der Waals surface area (Å²) in [4.78, 5) is 40.2. The SMILES string of the molecule is CC(C)CC[C@H](NS(=O)(=O)c1ccc(Cl)s1)C(=O)N[C@@H](Cc1ccc(I)cc1)C(=O)N[C@@H](CS)C(=O)NC1CCOCC1.